The summed E-state index contributed by atoms with van der Waals surface area (Å²) in [5.74, 6) is -0.497. The summed E-state index contributed by atoms with van der Waals surface area (Å²) < 4.78 is 5.94. The Labute approximate surface area is 397 Å². The molecule has 0 aromatic rings. The van der Waals surface area contributed by atoms with E-state index in [1.165, 1.54) is 141 Å². The molecule has 0 spiro atoms. The number of carbonyl (C=O) groups excluding carboxylic acids is 2. The lowest BCUT2D eigenvalue weighted by Crippen LogP contribution is -2.46. The second-order valence-corrected chi connectivity index (χ2v) is 19.0. The molecule has 0 heterocycles. The van der Waals surface area contributed by atoms with Gasteiger partial charge < -0.3 is 20.3 Å². The van der Waals surface area contributed by atoms with E-state index in [0.29, 0.717) is 19.3 Å². The van der Waals surface area contributed by atoms with E-state index in [9.17, 15) is 19.8 Å². The van der Waals surface area contributed by atoms with Crippen molar-refractivity contribution in [2.45, 2.75) is 302 Å². The molecule has 0 aromatic heterocycles. The fourth-order valence-electron chi connectivity index (χ4n) is 8.44. The summed E-state index contributed by atoms with van der Waals surface area (Å²) in [4.78, 5) is 26.2. The van der Waals surface area contributed by atoms with Crippen LogP contribution >= 0.6 is 0 Å². The highest BCUT2D eigenvalue weighted by atomic mass is 16.5. The SMILES string of the molecule is CC/C=C/C/C=C/C/C=C/CCCCCCC(CC(=O)NC(CO)C(O)CCCCCCCCCCCCCCCCC)OC(=O)CCCCCCC/C=C/CCCCCCCCC. The predicted molar refractivity (Wildman–Crippen MR) is 278 cm³/mol. The average Bonchev–Trinajstić information content (AvgIpc) is 3.29. The highest BCUT2D eigenvalue weighted by Crippen LogP contribution is 2.18. The van der Waals surface area contributed by atoms with Crippen molar-refractivity contribution in [1.29, 1.82) is 0 Å². The van der Waals surface area contributed by atoms with Gasteiger partial charge in [-0.2, -0.15) is 0 Å². The summed E-state index contributed by atoms with van der Waals surface area (Å²) in [6, 6.07) is -0.711. The molecule has 6 nitrogen and oxygen atoms in total. The van der Waals surface area contributed by atoms with Crippen LogP contribution in [0.25, 0.3) is 0 Å². The molecular weight excluding hydrogens is 791 g/mol. The van der Waals surface area contributed by atoms with E-state index >= 15 is 0 Å². The molecule has 64 heavy (non-hydrogen) atoms. The topological polar surface area (TPSA) is 95.9 Å². The van der Waals surface area contributed by atoms with Crippen molar-refractivity contribution in [2.24, 2.45) is 0 Å². The lowest BCUT2D eigenvalue weighted by Gasteiger charge is -2.24. The van der Waals surface area contributed by atoms with Crippen molar-refractivity contribution in [3.05, 3.63) is 48.6 Å². The molecular formula is C58H107NO5. The third-order valence-electron chi connectivity index (χ3n) is 12.6. The maximum absolute atomic E-state index is 13.2. The highest BCUT2D eigenvalue weighted by molar-refractivity contribution is 5.77. The Morgan fingerprint density at radius 2 is 0.844 bits per heavy atom. The summed E-state index contributed by atoms with van der Waals surface area (Å²) in [5.41, 5.74) is 0. The third kappa shape index (κ3) is 46.4. The van der Waals surface area contributed by atoms with E-state index in [1.54, 1.807) is 0 Å². The molecule has 0 rings (SSSR count). The largest absolute Gasteiger partial charge is 0.462 e. The molecule has 3 atom stereocenters. The van der Waals surface area contributed by atoms with Gasteiger partial charge in [-0.05, 0) is 83.5 Å². The van der Waals surface area contributed by atoms with Crippen LogP contribution in [0.1, 0.15) is 284 Å². The molecule has 0 bridgehead atoms. The van der Waals surface area contributed by atoms with Crippen LogP contribution in [0.3, 0.4) is 0 Å². The number of esters is 1. The van der Waals surface area contributed by atoms with Crippen LogP contribution in [0.4, 0.5) is 0 Å². The maximum Gasteiger partial charge on any atom is 0.306 e. The fraction of sp³-hybridized carbons (Fsp3) is 0.828. The number of unbranched alkanes of at least 4 members (excludes halogenated alkanes) is 30. The zero-order chi connectivity index (χ0) is 46.7. The van der Waals surface area contributed by atoms with E-state index in [0.717, 1.165) is 96.3 Å². The number of aliphatic hydroxyl groups is 2. The zero-order valence-corrected chi connectivity index (χ0v) is 42.7. The van der Waals surface area contributed by atoms with Gasteiger partial charge in [-0.3, -0.25) is 9.59 Å². The Morgan fingerprint density at radius 3 is 1.30 bits per heavy atom. The van der Waals surface area contributed by atoms with E-state index in [-0.39, 0.29) is 24.9 Å². The van der Waals surface area contributed by atoms with Gasteiger partial charge in [-0.25, -0.2) is 0 Å². The molecule has 6 heteroatoms. The summed E-state index contributed by atoms with van der Waals surface area (Å²) in [5, 5.41) is 23.8. The number of nitrogens with one attached hydrogen (secondary N) is 1. The van der Waals surface area contributed by atoms with Crippen LogP contribution in [-0.2, 0) is 14.3 Å². The van der Waals surface area contributed by atoms with Crippen molar-refractivity contribution in [3.63, 3.8) is 0 Å². The molecule has 0 aromatic carbocycles. The number of allylic oxidation sites excluding steroid dienone is 8. The molecule has 374 valence electrons. The van der Waals surface area contributed by atoms with Gasteiger partial charge in [0.25, 0.3) is 0 Å². The molecule has 1 amide bonds. The predicted octanol–water partition coefficient (Wildman–Crippen LogP) is 17.0. The van der Waals surface area contributed by atoms with Crippen molar-refractivity contribution >= 4 is 11.9 Å². The van der Waals surface area contributed by atoms with Crippen LogP contribution in [0.2, 0.25) is 0 Å². The molecule has 0 aliphatic heterocycles. The molecule has 3 unspecified atom stereocenters. The summed E-state index contributed by atoms with van der Waals surface area (Å²) in [7, 11) is 0. The Hall–Kier alpha value is -2.18. The quantitative estimate of drug-likeness (QED) is 0.0321. The van der Waals surface area contributed by atoms with Crippen LogP contribution in [-0.4, -0.2) is 46.9 Å². The van der Waals surface area contributed by atoms with Crippen molar-refractivity contribution in [2.75, 3.05) is 6.61 Å². The van der Waals surface area contributed by atoms with Crippen molar-refractivity contribution < 1.29 is 24.5 Å². The Bertz CT molecular complexity index is 1100. The van der Waals surface area contributed by atoms with E-state index in [1.807, 2.05) is 0 Å². The summed E-state index contributed by atoms with van der Waals surface area (Å²) in [6.07, 6.45) is 63.2. The number of hydrogen-bond acceptors (Lipinski definition) is 5. The van der Waals surface area contributed by atoms with Gasteiger partial charge in [0.05, 0.1) is 25.2 Å². The normalized spacial score (nSPS) is 13.5. The second kappa shape index (κ2) is 51.8. The maximum atomic E-state index is 13.2. The van der Waals surface area contributed by atoms with Crippen LogP contribution in [0.15, 0.2) is 48.6 Å². The van der Waals surface area contributed by atoms with Gasteiger partial charge in [-0.15, -0.1) is 0 Å². The minimum Gasteiger partial charge on any atom is -0.462 e. The molecule has 3 N–H and O–H groups in total. The average molecular weight is 898 g/mol. The molecule has 0 saturated carbocycles. The van der Waals surface area contributed by atoms with Gasteiger partial charge in [0, 0.05) is 6.42 Å². The smallest absolute Gasteiger partial charge is 0.306 e. The first-order valence-corrected chi connectivity index (χ1v) is 27.9. The van der Waals surface area contributed by atoms with Crippen molar-refractivity contribution in [3.8, 4) is 0 Å². The number of rotatable bonds is 50. The van der Waals surface area contributed by atoms with Gasteiger partial charge in [0.1, 0.15) is 6.10 Å². The fourth-order valence-corrected chi connectivity index (χ4v) is 8.44. The standard InChI is InChI=1S/C58H107NO5/c1-4-7-10-13-16-19-22-25-28-30-33-36-39-42-45-48-51-58(63)64-54(49-46-43-40-37-34-31-27-24-21-18-15-12-9-6-3)52-57(62)59-55(53-60)56(61)50-47-44-41-38-35-32-29-26-23-20-17-14-11-8-5-2/h9,12,18,21,27-28,30-31,54-56,60-61H,4-8,10-11,13-17,19-20,22-26,29,32-53H2,1-3H3,(H,59,62)/b12-9+,21-18+,30-28+,31-27+. The first kappa shape index (κ1) is 61.8. The monoisotopic (exact) mass is 898 g/mol. The number of aliphatic hydroxyl groups excluding tert-OH is 2. The van der Waals surface area contributed by atoms with Crippen LogP contribution < -0.4 is 5.32 Å². The minimum atomic E-state index is -0.795. The van der Waals surface area contributed by atoms with E-state index in [4.69, 9.17) is 4.74 Å². The minimum absolute atomic E-state index is 0.0604. The lowest BCUT2D eigenvalue weighted by atomic mass is 10.0. The zero-order valence-electron chi connectivity index (χ0n) is 42.7. The van der Waals surface area contributed by atoms with Crippen molar-refractivity contribution in [1.82, 2.24) is 5.32 Å². The summed E-state index contributed by atoms with van der Waals surface area (Å²) >= 11 is 0. The first-order chi connectivity index (χ1) is 31.5. The van der Waals surface area contributed by atoms with E-state index < -0.39 is 18.2 Å². The lowest BCUT2D eigenvalue weighted by molar-refractivity contribution is -0.151. The Balaban J connectivity index is 4.58. The molecule has 0 aliphatic rings. The molecule has 0 aliphatic carbocycles. The molecule has 0 saturated heterocycles. The number of carbonyl (C=O) groups is 2. The first-order valence-electron chi connectivity index (χ1n) is 27.9. The van der Waals surface area contributed by atoms with Gasteiger partial charge >= 0.3 is 5.97 Å². The van der Waals surface area contributed by atoms with Crippen LogP contribution in [0, 0.1) is 0 Å². The number of hydrogen-bond donors (Lipinski definition) is 3. The van der Waals surface area contributed by atoms with Gasteiger partial charge in [-0.1, -0.05) is 236 Å². The third-order valence-corrected chi connectivity index (χ3v) is 12.6. The number of ether oxygens (including phenoxy) is 1. The summed E-state index contributed by atoms with van der Waals surface area (Å²) in [6.45, 7) is 6.38. The Kier molecular flexibility index (Phi) is 50.0. The van der Waals surface area contributed by atoms with Gasteiger partial charge in [0.15, 0.2) is 0 Å². The Morgan fingerprint density at radius 1 is 0.469 bits per heavy atom. The van der Waals surface area contributed by atoms with Gasteiger partial charge in [0.2, 0.25) is 5.91 Å². The second-order valence-electron chi connectivity index (χ2n) is 19.0. The van der Waals surface area contributed by atoms with E-state index in [2.05, 4.69) is 74.7 Å². The number of amides is 1. The molecule has 0 fully saturated rings. The highest BCUT2D eigenvalue weighted by Gasteiger charge is 2.24. The van der Waals surface area contributed by atoms with Crippen LogP contribution in [0.5, 0.6) is 0 Å². The molecule has 0 radical (unpaired) electrons.